The van der Waals surface area contributed by atoms with E-state index in [0.717, 1.165) is 10.7 Å². The number of hydrogen-bond donors (Lipinski definition) is 2. The van der Waals surface area contributed by atoms with Gasteiger partial charge in [0.25, 0.3) is 5.91 Å². The molecule has 6 nitrogen and oxygen atoms in total. The average molecular weight is 317 g/mol. The molecule has 0 atom stereocenters. The lowest BCUT2D eigenvalue weighted by atomic mass is 10.1. The number of benzene rings is 1. The Morgan fingerprint density at radius 2 is 2.18 bits per heavy atom. The lowest BCUT2D eigenvalue weighted by molar-refractivity contribution is 0.0912. The number of aromatic amines is 1. The zero-order chi connectivity index (χ0) is 15.9. The van der Waals surface area contributed by atoms with Crippen LogP contribution >= 0.6 is 11.3 Å². The molecule has 1 amide bonds. The van der Waals surface area contributed by atoms with Crippen LogP contribution in [-0.2, 0) is 5.54 Å². The van der Waals surface area contributed by atoms with E-state index in [1.807, 2.05) is 26.2 Å². The molecule has 0 saturated heterocycles. The van der Waals surface area contributed by atoms with Gasteiger partial charge in [0, 0.05) is 16.6 Å². The Bertz CT molecular complexity index is 904. The second-order valence-electron chi connectivity index (χ2n) is 5.60. The van der Waals surface area contributed by atoms with Crippen LogP contribution in [0.4, 0.5) is 0 Å². The monoisotopic (exact) mass is 317 g/mol. The number of amides is 1. The molecule has 1 aromatic carbocycles. The molecule has 0 aliphatic rings. The topological polar surface area (TPSA) is 88.0 Å². The summed E-state index contributed by atoms with van der Waals surface area (Å²) in [5.74, 6) is -0.770. The first-order valence-corrected chi connectivity index (χ1v) is 7.61. The first-order chi connectivity index (χ1) is 10.3. The number of H-pyrrole nitrogens is 1. The van der Waals surface area contributed by atoms with Gasteiger partial charge in [0.15, 0.2) is 5.58 Å². The summed E-state index contributed by atoms with van der Waals surface area (Å²) in [6.07, 6.45) is 0. The second-order valence-corrected chi connectivity index (χ2v) is 6.46. The van der Waals surface area contributed by atoms with Crippen LogP contribution in [0.5, 0.6) is 0 Å². The van der Waals surface area contributed by atoms with Crippen LogP contribution in [0.1, 0.15) is 34.9 Å². The van der Waals surface area contributed by atoms with E-state index >= 15 is 0 Å². The number of nitrogens with one attached hydrogen (secondary N) is 2. The zero-order valence-corrected chi connectivity index (χ0v) is 13.2. The summed E-state index contributed by atoms with van der Waals surface area (Å²) in [6.45, 7) is 5.73. The maximum Gasteiger partial charge on any atom is 0.417 e. The first-order valence-electron chi connectivity index (χ1n) is 6.73. The third-order valence-electron chi connectivity index (χ3n) is 3.26. The van der Waals surface area contributed by atoms with E-state index in [0.29, 0.717) is 16.7 Å². The van der Waals surface area contributed by atoms with Crippen molar-refractivity contribution < 1.29 is 9.21 Å². The number of nitrogens with zero attached hydrogens (tertiary/aromatic N) is 1. The Morgan fingerprint density at radius 3 is 2.86 bits per heavy atom. The van der Waals surface area contributed by atoms with Crippen molar-refractivity contribution in [2.24, 2.45) is 0 Å². The van der Waals surface area contributed by atoms with Crippen molar-refractivity contribution in [2.75, 3.05) is 0 Å². The van der Waals surface area contributed by atoms with Crippen LogP contribution in [0.15, 0.2) is 32.8 Å². The van der Waals surface area contributed by atoms with Crippen molar-refractivity contribution in [1.82, 2.24) is 15.3 Å². The maximum absolute atomic E-state index is 12.4. The van der Waals surface area contributed by atoms with Gasteiger partial charge in [-0.2, -0.15) is 0 Å². The van der Waals surface area contributed by atoms with Gasteiger partial charge in [-0.15, -0.1) is 11.3 Å². The highest BCUT2D eigenvalue weighted by atomic mass is 32.1. The Hall–Kier alpha value is -2.41. The van der Waals surface area contributed by atoms with Crippen molar-refractivity contribution >= 4 is 28.3 Å². The van der Waals surface area contributed by atoms with E-state index in [-0.39, 0.29) is 5.91 Å². The third-order valence-corrected chi connectivity index (χ3v) is 4.54. The Balaban J connectivity index is 1.87. The number of fused-ring (bicyclic) bond motifs is 1. The number of aromatic nitrogens is 2. The molecule has 0 radical (unpaired) electrons. The molecule has 0 fully saturated rings. The number of hydrogen-bond acceptors (Lipinski definition) is 5. The molecular formula is C15H15N3O3S. The summed E-state index contributed by atoms with van der Waals surface area (Å²) in [5.41, 5.74) is 1.73. The summed E-state index contributed by atoms with van der Waals surface area (Å²) in [7, 11) is 0. The van der Waals surface area contributed by atoms with E-state index in [1.54, 1.807) is 18.2 Å². The lowest BCUT2D eigenvalue weighted by Gasteiger charge is -2.23. The molecule has 22 heavy (non-hydrogen) atoms. The minimum Gasteiger partial charge on any atom is -0.408 e. The molecule has 3 rings (SSSR count). The molecular weight excluding hydrogens is 302 g/mol. The molecule has 2 heterocycles. The highest BCUT2D eigenvalue weighted by Crippen LogP contribution is 2.24. The van der Waals surface area contributed by atoms with Gasteiger partial charge in [0.1, 0.15) is 5.01 Å². The van der Waals surface area contributed by atoms with Gasteiger partial charge in [0.2, 0.25) is 0 Å². The molecule has 0 unspecified atom stereocenters. The second kappa shape index (κ2) is 5.10. The van der Waals surface area contributed by atoms with Crippen LogP contribution in [-0.4, -0.2) is 15.9 Å². The summed E-state index contributed by atoms with van der Waals surface area (Å²) >= 11 is 1.51. The largest absolute Gasteiger partial charge is 0.417 e. The van der Waals surface area contributed by atoms with E-state index in [9.17, 15) is 9.59 Å². The van der Waals surface area contributed by atoms with Crippen molar-refractivity contribution in [3.63, 3.8) is 0 Å². The fourth-order valence-electron chi connectivity index (χ4n) is 2.14. The number of carbonyl (C=O) groups excluding carboxylic acids is 1. The quantitative estimate of drug-likeness (QED) is 0.777. The number of thiazole rings is 1. The van der Waals surface area contributed by atoms with Gasteiger partial charge in [-0.3, -0.25) is 9.78 Å². The summed E-state index contributed by atoms with van der Waals surface area (Å²) in [4.78, 5) is 30.6. The summed E-state index contributed by atoms with van der Waals surface area (Å²) in [5, 5.41) is 5.75. The maximum atomic E-state index is 12.4. The van der Waals surface area contributed by atoms with Crippen molar-refractivity contribution in [3.8, 4) is 0 Å². The fraction of sp³-hybridized carbons (Fsp3) is 0.267. The molecule has 0 saturated carbocycles. The number of oxazole rings is 1. The van der Waals surface area contributed by atoms with E-state index in [4.69, 9.17) is 4.42 Å². The van der Waals surface area contributed by atoms with Crippen LogP contribution < -0.4 is 11.1 Å². The summed E-state index contributed by atoms with van der Waals surface area (Å²) in [6, 6.07) is 4.82. The van der Waals surface area contributed by atoms with Crippen LogP contribution in [0.3, 0.4) is 0 Å². The molecule has 2 N–H and O–H groups in total. The van der Waals surface area contributed by atoms with Gasteiger partial charge < -0.3 is 9.73 Å². The summed E-state index contributed by atoms with van der Waals surface area (Å²) < 4.78 is 4.92. The molecule has 0 bridgehead atoms. The Labute approximate surface area is 130 Å². The average Bonchev–Trinajstić information content (AvgIpc) is 3.02. The molecule has 3 aromatic rings. The lowest BCUT2D eigenvalue weighted by Crippen LogP contribution is -2.40. The normalized spacial score (nSPS) is 11.8. The van der Waals surface area contributed by atoms with Gasteiger partial charge >= 0.3 is 5.76 Å². The first kappa shape index (κ1) is 14.5. The predicted octanol–water partition coefficient (Wildman–Crippen LogP) is 2.55. The molecule has 7 heteroatoms. The van der Waals surface area contributed by atoms with E-state index in [2.05, 4.69) is 15.3 Å². The van der Waals surface area contributed by atoms with Crippen molar-refractivity contribution in [1.29, 1.82) is 0 Å². The molecule has 0 spiro atoms. The minimum atomic E-state index is -0.575. The van der Waals surface area contributed by atoms with E-state index in [1.165, 1.54) is 11.3 Å². The van der Waals surface area contributed by atoms with Crippen LogP contribution in [0.2, 0.25) is 0 Å². The van der Waals surface area contributed by atoms with Crippen LogP contribution in [0.25, 0.3) is 11.1 Å². The third kappa shape index (κ3) is 2.67. The molecule has 2 aromatic heterocycles. The highest BCUT2D eigenvalue weighted by Gasteiger charge is 2.26. The highest BCUT2D eigenvalue weighted by molar-refractivity contribution is 7.09. The van der Waals surface area contributed by atoms with Gasteiger partial charge in [-0.25, -0.2) is 9.78 Å². The zero-order valence-electron chi connectivity index (χ0n) is 12.4. The number of aryl methyl sites for hydroxylation is 1. The Kier molecular flexibility index (Phi) is 3.37. The van der Waals surface area contributed by atoms with Crippen molar-refractivity contribution in [2.45, 2.75) is 26.3 Å². The molecule has 0 aliphatic heterocycles. The smallest absolute Gasteiger partial charge is 0.408 e. The Morgan fingerprint density at radius 1 is 1.41 bits per heavy atom. The standard InChI is InChI=1S/C15H15N3O3S/c1-8-7-22-13(16-8)15(2,3)18-12(19)9-4-5-11-10(6-9)17-14(20)21-11/h4-7H,1-3H3,(H,17,20)(H,18,19). The minimum absolute atomic E-state index is 0.234. The number of rotatable bonds is 3. The number of carbonyl (C=O) groups is 1. The van der Waals surface area contributed by atoms with Crippen LogP contribution in [0, 0.1) is 6.92 Å². The van der Waals surface area contributed by atoms with Gasteiger partial charge in [-0.1, -0.05) is 0 Å². The van der Waals surface area contributed by atoms with Gasteiger partial charge in [-0.05, 0) is 39.0 Å². The predicted molar refractivity (Wildman–Crippen MR) is 84.2 cm³/mol. The molecule has 114 valence electrons. The van der Waals surface area contributed by atoms with E-state index < -0.39 is 11.3 Å². The van der Waals surface area contributed by atoms with Gasteiger partial charge in [0.05, 0.1) is 11.1 Å². The SMILES string of the molecule is Cc1csc(C(C)(C)NC(=O)c2ccc3oc(=O)[nH]c3c2)n1. The molecule has 0 aliphatic carbocycles. The fourth-order valence-corrected chi connectivity index (χ4v) is 3.02. The van der Waals surface area contributed by atoms with Crippen molar-refractivity contribution in [3.05, 3.63) is 50.4 Å².